The lowest BCUT2D eigenvalue weighted by Crippen LogP contribution is -2.21. The molecule has 34 heavy (non-hydrogen) atoms. The molecule has 1 heterocycles. The quantitative estimate of drug-likeness (QED) is 0.253. The van der Waals surface area contributed by atoms with Crippen LogP contribution in [-0.2, 0) is 4.79 Å². The van der Waals surface area contributed by atoms with Gasteiger partial charge >= 0.3 is 5.97 Å². The number of aryl methyl sites for hydroxylation is 1. The normalized spacial score (nSPS) is 14.4. The van der Waals surface area contributed by atoms with Gasteiger partial charge in [-0.1, -0.05) is 30.3 Å². The Morgan fingerprint density at radius 1 is 1.15 bits per heavy atom. The zero-order chi connectivity index (χ0) is 24.2. The maximum atomic E-state index is 12.3. The molecule has 0 saturated heterocycles. The second kappa shape index (κ2) is 9.34. The minimum absolute atomic E-state index is 0.0679. The fraction of sp³-hybridized carbons (Fsp3) is 0.120. The summed E-state index contributed by atoms with van der Waals surface area (Å²) in [6, 6.07) is 19.9. The van der Waals surface area contributed by atoms with Crippen molar-refractivity contribution in [2.24, 2.45) is 5.73 Å². The number of hydrogen-bond donors (Lipinski definition) is 1. The molecular weight excluding hydrogens is 438 g/mol. The molecule has 0 spiro atoms. The van der Waals surface area contributed by atoms with Crippen LogP contribution < -0.4 is 19.9 Å². The average Bonchev–Trinajstić information content (AvgIpc) is 2.82. The Balaban J connectivity index is 1.55. The molecule has 1 aliphatic rings. The molecule has 0 radical (unpaired) electrons. The topological polar surface area (TPSA) is 138 Å². The maximum absolute atomic E-state index is 12.3. The van der Waals surface area contributed by atoms with Gasteiger partial charge in [0.05, 0.1) is 10.8 Å². The summed E-state index contributed by atoms with van der Waals surface area (Å²) in [4.78, 5) is 22.7. The first-order valence-corrected chi connectivity index (χ1v) is 10.2. The number of hydrogen-bond acceptors (Lipinski definition) is 8. The number of fused-ring (bicyclic) bond motifs is 1. The van der Waals surface area contributed by atoms with Gasteiger partial charge in [0.15, 0.2) is 6.61 Å². The lowest BCUT2D eigenvalue weighted by Gasteiger charge is -2.26. The third-order valence-electron chi connectivity index (χ3n) is 5.21. The molecule has 0 bridgehead atoms. The summed E-state index contributed by atoms with van der Waals surface area (Å²) in [7, 11) is 0. The highest BCUT2D eigenvalue weighted by atomic mass is 16.6. The number of nitriles is 1. The summed E-state index contributed by atoms with van der Waals surface area (Å²) in [6.45, 7) is 1.63. The molecule has 3 aromatic carbocycles. The standard InChI is InChI=1S/C25H19N3O6/c1-15-3-2-4-18(11-15)32-14-23(29)33-19-9-10-20-22(12-19)34-25(27)21(13-26)24(20)16-5-7-17(8-6-16)28(30)31/h2-12,24H,14,27H2,1H3. The van der Waals surface area contributed by atoms with E-state index in [0.717, 1.165) is 5.56 Å². The first kappa shape index (κ1) is 22.4. The van der Waals surface area contributed by atoms with Crippen LogP contribution in [0, 0.1) is 28.4 Å². The molecule has 1 aliphatic heterocycles. The molecule has 0 aromatic heterocycles. The minimum Gasteiger partial charge on any atom is -0.482 e. The number of carbonyl (C=O) groups excluding carboxylic acids is 1. The van der Waals surface area contributed by atoms with E-state index in [1.165, 1.54) is 18.2 Å². The van der Waals surface area contributed by atoms with E-state index in [9.17, 15) is 20.2 Å². The number of nitro groups is 1. The molecule has 170 valence electrons. The van der Waals surface area contributed by atoms with Gasteiger partial charge in [-0.3, -0.25) is 10.1 Å². The predicted octanol–water partition coefficient (Wildman–Crippen LogP) is 4.11. The Morgan fingerprint density at radius 2 is 1.91 bits per heavy atom. The van der Waals surface area contributed by atoms with E-state index < -0.39 is 16.8 Å². The van der Waals surface area contributed by atoms with Gasteiger partial charge < -0.3 is 19.9 Å². The number of non-ortho nitro benzene ring substituents is 1. The van der Waals surface area contributed by atoms with Gasteiger partial charge in [0.1, 0.15) is 28.9 Å². The largest absolute Gasteiger partial charge is 0.482 e. The molecule has 0 amide bonds. The number of nitro benzene ring substituents is 1. The van der Waals surface area contributed by atoms with Gasteiger partial charge in [0.2, 0.25) is 5.88 Å². The van der Waals surface area contributed by atoms with Crippen molar-refractivity contribution in [3.63, 3.8) is 0 Å². The molecule has 9 nitrogen and oxygen atoms in total. The van der Waals surface area contributed by atoms with Crippen molar-refractivity contribution < 1.29 is 23.9 Å². The highest BCUT2D eigenvalue weighted by molar-refractivity contribution is 5.74. The summed E-state index contributed by atoms with van der Waals surface area (Å²) >= 11 is 0. The number of allylic oxidation sites excluding steroid dienone is 1. The smallest absolute Gasteiger partial charge is 0.349 e. The van der Waals surface area contributed by atoms with Crippen LogP contribution in [-0.4, -0.2) is 17.5 Å². The van der Waals surface area contributed by atoms with Gasteiger partial charge in [0, 0.05) is 23.8 Å². The van der Waals surface area contributed by atoms with E-state index in [-0.39, 0.29) is 29.5 Å². The number of benzene rings is 3. The highest BCUT2D eigenvalue weighted by Crippen LogP contribution is 2.43. The van der Waals surface area contributed by atoms with E-state index in [1.54, 1.807) is 36.4 Å². The van der Waals surface area contributed by atoms with E-state index in [0.29, 0.717) is 22.6 Å². The lowest BCUT2D eigenvalue weighted by molar-refractivity contribution is -0.384. The van der Waals surface area contributed by atoms with Crippen molar-refractivity contribution in [3.8, 4) is 23.3 Å². The monoisotopic (exact) mass is 457 g/mol. The van der Waals surface area contributed by atoms with Crippen molar-refractivity contribution in [2.75, 3.05) is 6.61 Å². The fourth-order valence-corrected chi connectivity index (χ4v) is 3.64. The van der Waals surface area contributed by atoms with E-state index >= 15 is 0 Å². The molecule has 4 rings (SSSR count). The van der Waals surface area contributed by atoms with E-state index in [1.807, 2.05) is 19.1 Å². The Labute approximate surface area is 194 Å². The first-order chi connectivity index (χ1) is 16.4. The summed E-state index contributed by atoms with van der Waals surface area (Å²) in [5.74, 6) is -0.213. The SMILES string of the molecule is Cc1cccc(OCC(=O)Oc2ccc3c(c2)OC(N)=C(C#N)C3c2ccc([N+](=O)[O-])cc2)c1. The molecule has 9 heteroatoms. The lowest BCUT2D eigenvalue weighted by atomic mass is 9.83. The third kappa shape index (κ3) is 4.66. The summed E-state index contributed by atoms with van der Waals surface area (Å²) in [6.07, 6.45) is 0. The second-order valence-corrected chi connectivity index (χ2v) is 7.55. The van der Waals surface area contributed by atoms with E-state index in [4.69, 9.17) is 19.9 Å². The van der Waals surface area contributed by atoms with Crippen LogP contribution >= 0.6 is 0 Å². The Kier molecular flexibility index (Phi) is 6.14. The van der Waals surface area contributed by atoms with Crippen LogP contribution in [0.5, 0.6) is 17.2 Å². The number of nitrogens with zero attached hydrogens (tertiary/aromatic N) is 2. The van der Waals surface area contributed by atoms with Gasteiger partial charge in [-0.25, -0.2) is 4.79 Å². The third-order valence-corrected chi connectivity index (χ3v) is 5.21. The zero-order valence-electron chi connectivity index (χ0n) is 18.1. The van der Waals surface area contributed by atoms with Crippen molar-refractivity contribution in [1.29, 1.82) is 5.26 Å². The van der Waals surface area contributed by atoms with Gasteiger partial charge in [-0.2, -0.15) is 5.26 Å². The molecule has 0 saturated carbocycles. The van der Waals surface area contributed by atoms with Crippen molar-refractivity contribution in [1.82, 2.24) is 0 Å². The summed E-state index contributed by atoms with van der Waals surface area (Å²) in [5.41, 5.74) is 8.34. The van der Waals surface area contributed by atoms with Crippen LogP contribution in [0.1, 0.15) is 22.6 Å². The second-order valence-electron chi connectivity index (χ2n) is 7.55. The zero-order valence-corrected chi connectivity index (χ0v) is 18.1. The molecule has 1 unspecified atom stereocenters. The number of rotatable bonds is 6. The summed E-state index contributed by atoms with van der Waals surface area (Å²) in [5, 5.41) is 20.6. The van der Waals surface area contributed by atoms with Crippen LogP contribution in [0.2, 0.25) is 0 Å². The molecule has 0 fully saturated rings. The van der Waals surface area contributed by atoms with E-state index in [2.05, 4.69) is 6.07 Å². The molecule has 0 aliphatic carbocycles. The van der Waals surface area contributed by atoms with Crippen LogP contribution in [0.4, 0.5) is 5.69 Å². The first-order valence-electron chi connectivity index (χ1n) is 10.2. The van der Waals surface area contributed by atoms with Crippen LogP contribution in [0.25, 0.3) is 0 Å². The summed E-state index contributed by atoms with van der Waals surface area (Å²) < 4.78 is 16.4. The van der Waals surface area contributed by atoms with Crippen LogP contribution in [0.15, 0.2) is 78.2 Å². The number of ether oxygens (including phenoxy) is 3. The van der Waals surface area contributed by atoms with Gasteiger partial charge in [0.25, 0.3) is 5.69 Å². The molecule has 3 aromatic rings. The van der Waals surface area contributed by atoms with Crippen LogP contribution in [0.3, 0.4) is 0 Å². The predicted molar refractivity (Wildman–Crippen MR) is 121 cm³/mol. The molecule has 1 atom stereocenters. The van der Waals surface area contributed by atoms with Crippen molar-refractivity contribution in [3.05, 3.63) is 105 Å². The number of nitrogens with two attached hydrogens (primary N) is 1. The number of carbonyl (C=O) groups is 1. The van der Waals surface area contributed by atoms with Crippen molar-refractivity contribution in [2.45, 2.75) is 12.8 Å². The average molecular weight is 457 g/mol. The Morgan fingerprint density at radius 3 is 2.59 bits per heavy atom. The minimum atomic E-state index is -0.606. The highest BCUT2D eigenvalue weighted by Gasteiger charge is 2.31. The molecule has 2 N–H and O–H groups in total. The maximum Gasteiger partial charge on any atom is 0.349 e. The Hall–Kier alpha value is -4.84. The van der Waals surface area contributed by atoms with Gasteiger partial charge in [-0.05, 0) is 36.2 Å². The van der Waals surface area contributed by atoms with Crippen molar-refractivity contribution >= 4 is 11.7 Å². The van der Waals surface area contributed by atoms with Gasteiger partial charge in [-0.15, -0.1) is 0 Å². The Bertz CT molecular complexity index is 1340. The molecular formula is C25H19N3O6. The number of esters is 1. The fourth-order valence-electron chi connectivity index (χ4n) is 3.64.